The molecule has 0 unspecified atom stereocenters. The molecule has 1 aromatic heterocycles. The summed E-state index contributed by atoms with van der Waals surface area (Å²) >= 11 is 0. The molecule has 0 aliphatic carbocycles. The number of unbranched alkanes of at least 4 members (excludes halogenated alkanes) is 1. The lowest BCUT2D eigenvalue weighted by Gasteiger charge is -2.13. The van der Waals surface area contributed by atoms with Gasteiger partial charge in [0.05, 0.1) is 11.6 Å². The molecule has 36 heavy (non-hydrogen) atoms. The van der Waals surface area contributed by atoms with Gasteiger partial charge in [-0.25, -0.2) is 4.39 Å². The second kappa shape index (κ2) is 11.1. The van der Waals surface area contributed by atoms with Crippen molar-refractivity contribution in [3.8, 4) is 11.8 Å². The molecule has 7 nitrogen and oxygen atoms in total. The van der Waals surface area contributed by atoms with Gasteiger partial charge in [0.15, 0.2) is 0 Å². The van der Waals surface area contributed by atoms with Crippen LogP contribution in [0.25, 0.3) is 5.57 Å². The number of nitro groups is 1. The number of nitrogens with one attached hydrogen (secondary N) is 1. The molecule has 2 heterocycles. The molecule has 4 rings (SSSR count). The van der Waals surface area contributed by atoms with E-state index in [4.69, 9.17) is 4.74 Å². The van der Waals surface area contributed by atoms with Gasteiger partial charge in [-0.2, -0.15) is 9.65 Å². The van der Waals surface area contributed by atoms with Gasteiger partial charge in [0.25, 0.3) is 0 Å². The van der Waals surface area contributed by atoms with E-state index in [1.54, 1.807) is 13.0 Å². The van der Waals surface area contributed by atoms with Crippen molar-refractivity contribution in [2.45, 2.75) is 39.3 Å². The average molecular weight is 491 g/mol. The number of nitriles is 1. The topological polar surface area (TPSA) is 101 Å². The number of hydrogen-bond donors (Lipinski definition) is 1. The zero-order valence-electron chi connectivity index (χ0n) is 19.7. The quantitative estimate of drug-likeness (QED) is 0.145. The number of aryl methyl sites for hydroxylation is 1. The molecule has 0 atom stereocenters. The first kappa shape index (κ1) is 24.9. The number of nitrogens with zero attached hydrogens (tertiary/aromatic N) is 3. The van der Waals surface area contributed by atoms with Gasteiger partial charge in [-0.3, -0.25) is 0 Å². The minimum absolute atomic E-state index is 0.256. The molecule has 0 saturated carbocycles. The Morgan fingerprint density at radius 2 is 1.97 bits per heavy atom. The number of allylic oxidation sites excluding steroid dienone is 1. The molecule has 184 valence electrons. The van der Waals surface area contributed by atoms with Crippen LogP contribution in [-0.4, -0.2) is 16.5 Å². The Bertz CT molecular complexity index is 1380. The predicted molar refractivity (Wildman–Crippen MR) is 130 cm³/mol. The second-order valence-corrected chi connectivity index (χ2v) is 8.54. The van der Waals surface area contributed by atoms with E-state index in [1.807, 2.05) is 18.2 Å². The van der Waals surface area contributed by atoms with E-state index in [0.29, 0.717) is 48.4 Å². The minimum Gasteiger partial charge on any atom is -0.488 e. The number of pyridine rings is 1. The van der Waals surface area contributed by atoms with Gasteiger partial charge in [-0.15, -0.1) is 0 Å². The molecule has 0 spiro atoms. The van der Waals surface area contributed by atoms with Crippen LogP contribution in [0.1, 0.15) is 47.6 Å². The fourth-order valence-electron chi connectivity index (χ4n) is 4.31. The summed E-state index contributed by atoms with van der Waals surface area (Å²) in [5.41, 5.74) is 5.20. The summed E-state index contributed by atoms with van der Waals surface area (Å²) in [6, 6.07) is 15.1. The van der Waals surface area contributed by atoms with E-state index in [2.05, 4.69) is 16.4 Å². The maximum Gasteiger partial charge on any atom is 0.370 e. The number of aromatic nitrogens is 1. The van der Waals surface area contributed by atoms with Gasteiger partial charge in [0.2, 0.25) is 0 Å². The summed E-state index contributed by atoms with van der Waals surface area (Å²) in [7, 11) is 0. The molecular weight excluding hydrogens is 466 g/mol. The molecule has 0 amide bonds. The summed E-state index contributed by atoms with van der Waals surface area (Å²) < 4.78 is 32.9. The van der Waals surface area contributed by atoms with Gasteiger partial charge in [0.1, 0.15) is 18.2 Å². The van der Waals surface area contributed by atoms with Crippen LogP contribution in [0.15, 0.2) is 54.1 Å². The highest BCUT2D eigenvalue weighted by molar-refractivity contribution is 5.88. The van der Waals surface area contributed by atoms with E-state index in [1.165, 1.54) is 18.2 Å². The van der Waals surface area contributed by atoms with Crippen LogP contribution in [0.4, 0.5) is 14.6 Å². The Labute approximate surface area is 207 Å². The molecular formula is C27H24F2N4O3. The Morgan fingerprint density at radius 1 is 1.17 bits per heavy atom. The molecule has 2 aromatic carbocycles. The highest BCUT2D eigenvalue weighted by Gasteiger charge is 2.22. The van der Waals surface area contributed by atoms with Crippen molar-refractivity contribution in [3.05, 3.63) is 104 Å². The Balaban J connectivity index is 1.38. The highest BCUT2D eigenvalue weighted by atomic mass is 19.1. The number of hydrogen-bond acceptors (Lipinski definition) is 6. The van der Waals surface area contributed by atoms with Crippen LogP contribution in [-0.2, 0) is 19.6 Å². The molecule has 0 bridgehead atoms. The smallest absolute Gasteiger partial charge is 0.370 e. The predicted octanol–water partition coefficient (Wildman–Crippen LogP) is 5.62. The summed E-state index contributed by atoms with van der Waals surface area (Å²) in [5.74, 6) is -1.28. The fourth-order valence-corrected chi connectivity index (χ4v) is 4.31. The van der Waals surface area contributed by atoms with E-state index >= 15 is 0 Å². The number of fused-ring (bicyclic) bond motifs is 2. The Hall–Kier alpha value is -4.16. The van der Waals surface area contributed by atoms with Gasteiger partial charge in [-0.1, -0.05) is 18.2 Å². The standard InChI is InChI=1S/C27H24F2N4O3/c1-17(14-30)26-22-8-5-18(12-20(22)16-36-24-13-21(28)7-9-23(24)26)15-31-11-3-2-4-19-6-10-25(29)32-27(19)33(34)35/h5-10,12-13,31H,2-4,11,15-16H2,1H3. The van der Waals surface area contributed by atoms with Crippen molar-refractivity contribution in [1.29, 1.82) is 5.26 Å². The third kappa shape index (κ3) is 5.56. The van der Waals surface area contributed by atoms with Crippen LogP contribution >= 0.6 is 0 Å². The van der Waals surface area contributed by atoms with Crippen molar-refractivity contribution in [2.24, 2.45) is 0 Å². The summed E-state index contributed by atoms with van der Waals surface area (Å²) in [4.78, 5) is 13.8. The highest BCUT2D eigenvalue weighted by Crippen LogP contribution is 2.39. The lowest BCUT2D eigenvalue weighted by molar-refractivity contribution is -0.390. The van der Waals surface area contributed by atoms with Crippen LogP contribution < -0.4 is 10.1 Å². The second-order valence-electron chi connectivity index (χ2n) is 8.54. The molecule has 9 heteroatoms. The zero-order chi connectivity index (χ0) is 25.7. The van der Waals surface area contributed by atoms with Crippen LogP contribution in [0.5, 0.6) is 5.75 Å². The lowest BCUT2D eigenvalue weighted by atomic mass is 9.90. The molecule has 1 aliphatic heterocycles. The first-order chi connectivity index (χ1) is 17.4. The van der Waals surface area contributed by atoms with Crippen molar-refractivity contribution >= 4 is 11.4 Å². The van der Waals surface area contributed by atoms with Gasteiger partial charge in [0, 0.05) is 35.4 Å². The monoisotopic (exact) mass is 490 g/mol. The summed E-state index contributed by atoms with van der Waals surface area (Å²) in [5, 5.41) is 24.0. The van der Waals surface area contributed by atoms with Crippen LogP contribution in [0, 0.1) is 33.2 Å². The third-order valence-corrected chi connectivity index (χ3v) is 6.05. The first-order valence-corrected chi connectivity index (χ1v) is 11.5. The minimum atomic E-state index is -0.861. The maximum atomic E-state index is 13.8. The number of benzene rings is 2. The van der Waals surface area contributed by atoms with Gasteiger partial charge >= 0.3 is 11.8 Å². The van der Waals surface area contributed by atoms with Gasteiger partial charge in [-0.05, 0) is 77.5 Å². The average Bonchev–Trinajstić information content (AvgIpc) is 3.02. The van der Waals surface area contributed by atoms with E-state index in [0.717, 1.165) is 34.8 Å². The third-order valence-electron chi connectivity index (χ3n) is 6.05. The number of halogens is 2. The van der Waals surface area contributed by atoms with Crippen molar-refractivity contribution in [2.75, 3.05) is 6.54 Å². The van der Waals surface area contributed by atoms with Crippen LogP contribution in [0.3, 0.4) is 0 Å². The SMILES string of the molecule is CC(C#N)=C1c2ccc(CNCCCCc3ccc(F)nc3[N+](=O)[O-])cc2COc2cc(F)ccc21. The van der Waals surface area contributed by atoms with E-state index in [-0.39, 0.29) is 6.61 Å². The summed E-state index contributed by atoms with van der Waals surface area (Å²) in [6.07, 6.45) is 1.91. The molecule has 0 saturated heterocycles. The molecule has 1 N–H and O–H groups in total. The van der Waals surface area contributed by atoms with Crippen LogP contribution in [0.2, 0.25) is 0 Å². The Morgan fingerprint density at radius 3 is 2.75 bits per heavy atom. The zero-order valence-corrected chi connectivity index (χ0v) is 19.7. The molecule has 0 radical (unpaired) electrons. The molecule has 1 aliphatic rings. The molecule has 3 aromatic rings. The molecule has 0 fully saturated rings. The maximum absolute atomic E-state index is 13.8. The number of rotatable bonds is 8. The number of ether oxygens (including phenoxy) is 1. The first-order valence-electron chi connectivity index (χ1n) is 11.5. The van der Waals surface area contributed by atoms with Crippen molar-refractivity contribution in [1.82, 2.24) is 10.3 Å². The van der Waals surface area contributed by atoms with Crippen molar-refractivity contribution in [3.63, 3.8) is 0 Å². The van der Waals surface area contributed by atoms with Crippen molar-refractivity contribution < 1.29 is 18.4 Å². The fraction of sp³-hybridized carbons (Fsp3) is 0.259. The van der Waals surface area contributed by atoms with E-state index in [9.17, 15) is 24.2 Å². The largest absolute Gasteiger partial charge is 0.488 e. The summed E-state index contributed by atoms with van der Waals surface area (Å²) in [6.45, 7) is 3.29. The Kier molecular flexibility index (Phi) is 7.66. The lowest BCUT2D eigenvalue weighted by Crippen LogP contribution is -2.15. The van der Waals surface area contributed by atoms with E-state index < -0.39 is 22.5 Å². The normalized spacial score (nSPS) is 13.6. The van der Waals surface area contributed by atoms with Gasteiger partial charge < -0.3 is 20.2 Å².